The second kappa shape index (κ2) is 5.40. The van der Waals surface area contributed by atoms with Gasteiger partial charge in [-0.2, -0.15) is 0 Å². The molecule has 3 rings (SSSR count). The van der Waals surface area contributed by atoms with Gasteiger partial charge in [-0.3, -0.25) is 0 Å². The van der Waals surface area contributed by atoms with E-state index in [1.54, 1.807) is 19.1 Å². The maximum atomic E-state index is 12.1. The molecule has 3 nitrogen and oxygen atoms in total. The Labute approximate surface area is 121 Å². The van der Waals surface area contributed by atoms with Gasteiger partial charge >= 0.3 is 0 Å². The minimum Gasteiger partial charge on any atom is -0.384 e. The monoisotopic (exact) mass is 293 g/mol. The second-order valence-electron chi connectivity index (χ2n) is 6.12. The molecule has 2 fully saturated rings. The Morgan fingerprint density at radius 2 is 1.75 bits per heavy atom. The maximum absolute atomic E-state index is 12.1. The zero-order chi connectivity index (χ0) is 14.2. The highest BCUT2D eigenvalue weighted by Gasteiger charge is 2.41. The van der Waals surface area contributed by atoms with E-state index in [-0.39, 0.29) is 5.75 Å². The van der Waals surface area contributed by atoms with Gasteiger partial charge in [0.2, 0.25) is 0 Å². The molecule has 20 heavy (non-hydrogen) atoms. The Bertz CT molecular complexity index is 562. The molecule has 2 aliphatic carbocycles. The summed E-state index contributed by atoms with van der Waals surface area (Å²) in [7, 11) is -3.15. The molecule has 2 saturated carbocycles. The van der Waals surface area contributed by atoms with Crippen molar-refractivity contribution in [2.24, 2.45) is 17.8 Å². The fourth-order valence-corrected chi connectivity index (χ4v) is 4.11. The standard InChI is InChI=1S/C16H23NO2S/c1-2-20(18,19)16-6-4-3-5-15(16)17-11-14(12-7-8-12)13-9-10-13/h3-6,12-14,17H,2,7-11H2,1H3. The first-order chi connectivity index (χ1) is 9.62. The summed E-state index contributed by atoms with van der Waals surface area (Å²) < 4.78 is 24.2. The van der Waals surface area contributed by atoms with E-state index in [0.717, 1.165) is 30.0 Å². The van der Waals surface area contributed by atoms with Crippen molar-refractivity contribution in [2.75, 3.05) is 17.6 Å². The van der Waals surface area contributed by atoms with E-state index >= 15 is 0 Å². The van der Waals surface area contributed by atoms with Gasteiger partial charge in [-0.1, -0.05) is 19.1 Å². The predicted octanol–water partition coefficient (Wildman–Crippen LogP) is 3.33. The van der Waals surface area contributed by atoms with E-state index < -0.39 is 9.84 Å². The summed E-state index contributed by atoms with van der Waals surface area (Å²) >= 11 is 0. The largest absolute Gasteiger partial charge is 0.384 e. The van der Waals surface area contributed by atoms with E-state index in [4.69, 9.17) is 0 Å². The molecule has 0 aliphatic heterocycles. The molecule has 0 atom stereocenters. The Hall–Kier alpha value is -1.03. The van der Waals surface area contributed by atoms with Crippen molar-refractivity contribution in [1.29, 1.82) is 0 Å². The number of anilines is 1. The lowest BCUT2D eigenvalue weighted by molar-refractivity contribution is 0.428. The molecule has 1 N–H and O–H groups in total. The smallest absolute Gasteiger partial charge is 0.180 e. The van der Waals surface area contributed by atoms with Crippen molar-refractivity contribution in [1.82, 2.24) is 0 Å². The fourth-order valence-electron chi connectivity index (χ4n) is 3.03. The molecule has 2 aliphatic rings. The summed E-state index contributed by atoms with van der Waals surface area (Å²) in [6.07, 6.45) is 5.44. The van der Waals surface area contributed by atoms with Gasteiger partial charge in [-0.05, 0) is 55.6 Å². The van der Waals surface area contributed by atoms with Crippen LogP contribution in [0.5, 0.6) is 0 Å². The van der Waals surface area contributed by atoms with E-state index in [9.17, 15) is 8.42 Å². The third kappa shape index (κ3) is 3.00. The summed E-state index contributed by atoms with van der Waals surface area (Å²) in [6, 6.07) is 7.30. The predicted molar refractivity (Wildman–Crippen MR) is 81.6 cm³/mol. The summed E-state index contributed by atoms with van der Waals surface area (Å²) in [5, 5.41) is 3.42. The van der Waals surface area contributed by atoms with Gasteiger partial charge in [-0.15, -0.1) is 0 Å². The van der Waals surface area contributed by atoms with Crippen LogP contribution in [-0.4, -0.2) is 20.7 Å². The molecule has 0 saturated heterocycles. The van der Waals surface area contributed by atoms with Gasteiger partial charge in [0, 0.05) is 6.54 Å². The molecule has 4 heteroatoms. The third-order valence-electron chi connectivity index (χ3n) is 4.59. The van der Waals surface area contributed by atoms with Gasteiger partial charge in [0.15, 0.2) is 9.84 Å². The average Bonchev–Trinajstić information content (AvgIpc) is 3.32. The van der Waals surface area contributed by atoms with Gasteiger partial charge < -0.3 is 5.32 Å². The van der Waals surface area contributed by atoms with Crippen LogP contribution < -0.4 is 5.32 Å². The summed E-state index contributed by atoms with van der Waals surface area (Å²) in [5.74, 6) is 2.66. The minimum atomic E-state index is -3.15. The van der Waals surface area contributed by atoms with Crippen LogP contribution in [0.3, 0.4) is 0 Å². The molecule has 0 heterocycles. The molecule has 0 unspecified atom stereocenters. The first-order valence-corrected chi connectivity index (χ1v) is 9.32. The van der Waals surface area contributed by atoms with Crippen LogP contribution in [0, 0.1) is 17.8 Å². The molecule has 0 bridgehead atoms. The number of hydrogen-bond acceptors (Lipinski definition) is 3. The van der Waals surface area contributed by atoms with Gasteiger partial charge in [0.25, 0.3) is 0 Å². The number of rotatable bonds is 7. The number of hydrogen-bond donors (Lipinski definition) is 1. The Kier molecular flexibility index (Phi) is 3.76. The highest BCUT2D eigenvalue weighted by Crippen LogP contribution is 2.49. The van der Waals surface area contributed by atoms with E-state index in [0.29, 0.717) is 4.90 Å². The lowest BCUT2D eigenvalue weighted by atomic mass is 9.98. The average molecular weight is 293 g/mol. The van der Waals surface area contributed by atoms with Gasteiger partial charge in [0.1, 0.15) is 0 Å². The number of nitrogens with one attached hydrogen (secondary N) is 1. The zero-order valence-electron chi connectivity index (χ0n) is 12.0. The van der Waals surface area contributed by atoms with Crippen molar-refractivity contribution in [3.05, 3.63) is 24.3 Å². The number of benzene rings is 1. The summed E-state index contributed by atoms with van der Waals surface area (Å²) in [6.45, 7) is 2.62. The van der Waals surface area contributed by atoms with Gasteiger partial charge in [-0.25, -0.2) is 8.42 Å². The maximum Gasteiger partial charge on any atom is 0.180 e. The Morgan fingerprint density at radius 1 is 1.15 bits per heavy atom. The molecule has 0 aromatic heterocycles. The molecule has 110 valence electrons. The van der Waals surface area contributed by atoms with Crippen molar-refractivity contribution in [2.45, 2.75) is 37.5 Å². The highest BCUT2D eigenvalue weighted by atomic mass is 32.2. The topological polar surface area (TPSA) is 46.2 Å². The normalized spacial score (nSPS) is 19.3. The van der Waals surface area contributed by atoms with Gasteiger partial charge in [0.05, 0.1) is 16.3 Å². The van der Waals surface area contributed by atoms with Crippen LogP contribution in [0.1, 0.15) is 32.6 Å². The van der Waals surface area contributed by atoms with Crippen molar-refractivity contribution in [3.8, 4) is 0 Å². The van der Waals surface area contributed by atoms with Crippen LogP contribution in [0.2, 0.25) is 0 Å². The summed E-state index contributed by atoms with van der Waals surface area (Å²) in [5.41, 5.74) is 0.778. The molecule has 0 spiro atoms. The molecule has 1 aromatic rings. The van der Waals surface area contributed by atoms with Crippen LogP contribution in [0.15, 0.2) is 29.2 Å². The molecular formula is C16H23NO2S. The second-order valence-corrected chi connectivity index (χ2v) is 8.37. The number of sulfone groups is 1. The Balaban J connectivity index is 1.73. The molecular weight excluding hydrogens is 270 g/mol. The fraction of sp³-hybridized carbons (Fsp3) is 0.625. The van der Waals surface area contributed by atoms with Crippen LogP contribution in [-0.2, 0) is 9.84 Å². The van der Waals surface area contributed by atoms with Crippen LogP contribution >= 0.6 is 0 Å². The SMILES string of the molecule is CCS(=O)(=O)c1ccccc1NCC(C1CC1)C1CC1. The zero-order valence-corrected chi connectivity index (χ0v) is 12.8. The first-order valence-electron chi connectivity index (χ1n) is 7.67. The minimum absolute atomic E-state index is 0.153. The van der Waals surface area contributed by atoms with E-state index in [1.165, 1.54) is 25.7 Å². The number of para-hydroxylation sites is 1. The lowest BCUT2D eigenvalue weighted by Crippen LogP contribution is -2.19. The highest BCUT2D eigenvalue weighted by molar-refractivity contribution is 7.91. The van der Waals surface area contributed by atoms with Crippen LogP contribution in [0.4, 0.5) is 5.69 Å². The lowest BCUT2D eigenvalue weighted by Gasteiger charge is -2.18. The van der Waals surface area contributed by atoms with E-state index in [2.05, 4.69) is 5.32 Å². The third-order valence-corrected chi connectivity index (χ3v) is 6.37. The quantitative estimate of drug-likeness (QED) is 0.839. The molecule has 0 radical (unpaired) electrons. The summed E-state index contributed by atoms with van der Waals surface area (Å²) in [4.78, 5) is 0.452. The van der Waals surface area contributed by atoms with E-state index in [1.807, 2.05) is 12.1 Å². The first kappa shape index (κ1) is 13.9. The van der Waals surface area contributed by atoms with Crippen LogP contribution in [0.25, 0.3) is 0 Å². The van der Waals surface area contributed by atoms with Crippen molar-refractivity contribution < 1.29 is 8.42 Å². The van der Waals surface area contributed by atoms with Crippen molar-refractivity contribution >= 4 is 15.5 Å². The molecule has 0 amide bonds. The van der Waals surface area contributed by atoms with Crippen molar-refractivity contribution in [3.63, 3.8) is 0 Å². The molecule has 1 aromatic carbocycles. The Morgan fingerprint density at radius 3 is 2.30 bits per heavy atom.